The third-order valence-electron chi connectivity index (χ3n) is 5.49. The standard InChI is InChI=1S/C19H26N2O5S/c1-26-16-7-5-14(6-8-16)18(22)17-4-3-11-21(17)19(23)15-9-12-20(13-10-15)27(2,24)25/h5-8,15,17H,3-4,9-13H2,1-2H3. The van der Waals surface area contributed by atoms with Crippen LogP contribution in [0.3, 0.4) is 0 Å². The van der Waals surface area contributed by atoms with Gasteiger partial charge in [-0.05, 0) is 49.9 Å². The molecule has 2 saturated heterocycles. The van der Waals surface area contributed by atoms with Gasteiger partial charge in [0.2, 0.25) is 15.9 Å². The molecule has 0 aromatic heterocycles. The molecule has 2 fully saturated rings. The van der Waals surface area contributed by atoms with E-state index in [9.17, 15) is 18.0 Å². The Hall–Kier alpha value is -1.93. The average molecular weight is 394 g/mol. The fourth-order valence-electron chi connectivity index (χ4n) is 3.92. The topological polar surface area (TPSA) is 84.0 Å². The van der Waals surface area contributed by atoms with Crippen LogP contribution >= 0.6 is 0 Å². The average Bonchev–Trinajstić information content (AvgIpc) is 3.16. The number of rotatable bonds is 5. The maximum absolute atomic E-state index is 13.0. The van der Waals surface area contributed by atoms with E-state index < -0.39 is 16.1 Å². The summed E-state index contributed by atoms with van der Waals surface area (Å²) in [5.41, 5.74) is 0.576. The molecule has 148 valence electrons. The molecule has 0 radical (unpaired) electrons. The Labute approximate surface area is 160 Å². The van der Waals surface area contributed by atoms with Crippen LogP contribution in [0.1, 0.15) is 36.0 Å². The second kappa shape index (κ2) is 7.98. The highest BCUT2D eigenvalue weighted by Gasteiger charge is 2.39. The summed E-state index contributed by atoms with van der Waals surface area (Å²) < 4.78 is 29.8. The fraction of sp³-hybridized carbons (Fsp3) is 0.579. The summed E-state index contributed by atoms with van der Waals surface area (Å²) in [6.07, 6.45) is 3.68. The van der Waals surface area contributed by atoms with Crippen LogP contribution in [0, 0.1) is 5.92 Å². The first-order valence-electron chi connectivity index (χ1n) is 9.25. The van der Waals surface area contributed by atoms with Gasteiger partial charge in [-0.1, -0.05) is 0 Å². The Morgan fingerprint density at radius 2 is 1.67 bits per heavy atom. The van der Waals surface area contributed by atoms with Crippen molar-refractivity contribution in [2.45, 2.75) is 31.7 Å². The van der Waals surface area contributed by atoms with E-state index >= 15 is 0 Å². The van der Waals surface area contributed by atoms with Gasteiger partial charge in [0.15, 0.2) is 5.78 Å². The first-order chi connectivity index (χ1) is 12.8. The summed E-state index contributed by atoms with van der Waals surface area (Å²) in [4.78, 5) is 27.6. The molecule has 27 heavy (non-hydrogen) atoms. The molecule has 0 saturated carbocycles. The third kappa shape index (κ3) is 4.32. The summed E-state index contributed by atoms with van der Waals surface area (Å²) in [5, 5.41) is 0. The van der Waals surface area contributed by atoms with E-state index in [4.69, 9.17) is 4.74 Å². The first kappa shape index (κ1) is 19.8. The molecule has 2 aliphatic heterocycles. The summed E-state index contributed by atoms with van der Waals surface area (Å²) >= 11 is 0. The highest BCUT2D eigenvalue weighted by molar-refractivity contribution is 7.88. The molecule has 1 amide bonds. The van der Waals surface area contributed by atoms with Crippen molar-refractivity contribution < 1.29 is 22.7 Å². The van der Waals surface area contributed by atoms with Gasteiger partial charge in [-0.15, -0.1) is 0 Å². The largest absolute Gasteiger partial charge is 0.497 e. The highest BCUT2D eigenvalue weighted by Crippen LogP contribution is 2.28. The molecule has 1 aromatic carbocycles. The van der Waals surface area contributed by atoms with Crippen molar-refractivity contribution in [3.05, 3.63) is 29.8 Å². The molecule has 0 N–H and O–H groups in total. The summed E-state index contributed by atoms with van der Waals surface area (Å²) in [6.45, 7) is 1.30. The van der Waals surface area contributed by atoms with Crippen molar-refractivity contribution in [3.8, 4) is 5.75 Å². The van der Waals surface area contributed by atoms with Gasteiger partial charge in [-0.25, -0.2) is 12.7 Å². The van der Waals surface area contributed by atoms with Crippen molar-refractivity contribution in [3.63, 3.8) is 0 Å². The van der Waals surface area contributed by atoms with E-state index in [0.717, 1.165) is 6.42 Å². The zero-order valence-corrected chi connectivity index (χ0v) is 16.6. The second-order valence-corrected chi connectivity index (χ2v) is 9.20. The summed E-state index contributed by atoms with van der Waals surface area (Å²) in [7, 11) is -1.64. The highest BCUT2D eigenvalue weighted by atomic mass is 32.2. The van der Waals surface area contributed by atoms with Crippen molar-refractivity contribution in [1.82, 2.24) is 9.21 Å². The number of ether oxygens (including phenoxy) is 1. The number of Topliss-reactive ketones (excluding diaryl/α,β-unsaturated/α-hetero) is 1. The van der Waals surface area contributed by atoms with Crippen LogP contribution < -0.4 is 4.74 Å². The molecule has 2 heterocycles. The quantitative estimate of drug-likeness (QED) is 0.708. The fourth-order valence-corrected chi connectivity index (χ4v) is 4.79. The number of sulfonamides is 1. The molecule has 3 rings (SSSR count). The Morgan fingerprint density at radius 1 is 1.04 bits per heavy atom. The molecule has 0 aliphatic carbocycles. The molecule has 0 bridgehead atoms. The van der Waals surface area contributed by atoms with E-state index in [1.807, 2.05) is 0 Å². The van der Waals surface area contributed by atoms with Crippen molar-refractivity contribution >= 4 is 21.7 Å². The van der Waals surface area contributed by atoms with Crippen LogP contribution in [0.4, 0.5) is 0 Å². The Bertz CT molecular complexity index is 798. The number of hydrogen-bond donors (Lipinski definition) is 0. The van der Waals surface area contributed by atoms with Gasteiger partial charge in [-0.2, -0.15) is 0 Å². The molecule has 1 aromatic rings. The third-order valence-corrected chi connectivity index (χ3v) is 6.79. The molecule has 1 atom stereocenters. The van der Waals surface area contributed by atoms with Crippen LogP contribution in [0.25, 0.3) is 0 Å². The van der Waals surface area contributed by atoms with E-state index in [-0.39, 0.29) is 17.6 Å². The second-order valence-electron chi connectivity index (χ2n) is 7.22. The van der Waals surface area contributed by atoms with E-state index in [1.165, 1.54) is 10.6 Å². The van der Waals surface area contributed by atoms with Gasteiger partial charge < -0.3 is 9.64 Å². The first-order valence-corrected chi connectivity index (χ1v) is 11.1. The minimum Gasteiger partial charge on any atom is -0.497 e. The van der Waals surface area contributed by atoms with Crippen LogP contribution in [-0.4, -0.2) is 68.4 Å². The van der Waals surface area contributed by atoms with Crippen LogP contribution in [-0.2, 0) is 14.8 Å². The number of carbonyl (C=O) groups is 2. The maximum atomic E-state index is 13.0. The molecule has 8 heteroatoms. The number of ketones is 1. The number of nitrogens with zero attached hydrogens (tertiary/aromatic N) is 2. The molecular weight excluding hydrogens is 368 g/mol. The summed E-state index contributed by atoms with van der Waals surface area (Å²) in [5.74, 6) is 0.403. The predicted octanol–water partition coefficient (Wildman–Crippen LogP) is 1.54. The lowest BCUT2D eigenvalue weighted by atomic mass is 9.95. The molecule has 7 nitrogen and oxygen atoms in total. The Morgan fingerprint density at radius 3 is 2.22 bits per heavy atom. The van der Waals surface area contributed by atoms with Gasteiger partial charge in [0, 0.05) is 31.1 Å². The molecule has 0 spiro atoms. The lowest BCUT2D eigenvalue weighted by Gasteiger charge is -2.33. The van der Waals surface area contributed by atoms with Crippen LogP contribution in [0.5, 0.6) is 5.75 Å². The molecule has 2 aliphatic rings. The summed E-state index contributed by atoms with van der Waals surface area (Å²) in [6, 6.07) is 6.52. The van der Waals surface area contributed by atoms with Crippen LogP contribution in [0.2, 0.25) is 0 Å². The number of benzene rings is 1. The van der Waals surface area contributed by atoms with Crippen molar-refractivity contribution in [2.75, 3.05) is 33.0 Å². The number of amides is 1. The van der Waals surface area contributed by atoms with Gasteiger partial charge in [0.25, 0.3) is 0 Å². The predicted molar refractivity (Wildman–Crippen MR) is 101 cm³/mol. The number of likely N-dealkylation sites (tertiary alicyclic amines) is 1. The number of piperidine rings is 1. The monoisotopic (exact) mass is 394 g/mol. The minimum atomic E-state index is -3.22. The molecule has 1 unspecified atom stereocenters. The minimum absolute atomic E-state index is 0.0208. The van der Waals surface area contributed by atoms with Crippen molar-refractivity contribution in [1.29, 1.82) is 0 Å². The van der Waals surface area contributed by atoms with Crippen molar-refractivity contribution in [2.24, 2.45) is 5.92 Å². The normalized spacial score (nSPS) is 22.0. The maximum Gasteiger partial charge on any atom is 0.226 e. The molecular formula is C19H26N2O5S. The van der Waals surface area contributed by atoms with Gasteiger partial charge in [0.05, 0.1) is 19.4 Å². The Kier molecular flexibility index (Phi) is 5.86. The zero-order chi connectivity index (χ0) is 19.6. The van der Waals surface area contributed by atoms with Crippen LogP contribution in [0.15, 0.2) is 24.3 Å². The van der Waals surface area contributed by atoms with Gasteiger partial charge in [-0.3, -0.25) is 9.59 Å². The lowest BCUT2D eigenvalue weighted by Crippen LogP contribution is -2.47. The Balaban J connectivity index is 1.67. The van der Waals surface area contributed by atoms with E-state index in [0.29, 0.717) is 50.2 Å². The van der Waals surface area contributed by atoms with E-state index in [2.05, 4.69) is 0 Å². The van der Waals surface area contributed by atoms with E-state index in [1.54, 1.807) is 36.3 Å². The van der Waals surface area contributed by atoms with Gasteiger partial charge in [0.1, 0.15) is 5.75 Å². The smallest absolute Gasteiger partial charge is 0.226 e. The van der Waals surface area contributed by atoms with Gasteiger partial charge >= 0.3 is 0 Å². The zero-order valence-electron chi connectivity index (χ0n) is 15.8. The SMILES string of the molecule is COc1ccc(C(=O)C2CCCN2C(=O)C2CCN(S(C)(=O)=O)CC2)cc1. The number of carbonyl (C=O) groups excluding carboxylic acids is 2. The number of methoxy groups -OCH3 is 1. The number of hydrogen-bond acceptors (Lipinski definition) is 5. The lowest BCUT2D eigenvalue weighted by molar-refractivity contribution is -0.136.